The first-order valence-corrected chi connectivity index (χ1v) is 9.26. The molecule has 0 aliphatic heterocycles. The van der Waals surface area contributed by atoms with Crippen molar-refractivity contribution in [2.45, 2.75) is 13.5 Å². The molecule has 7 nitrogen and oxygen atoms in total. The summed E-state index contributed by atoms with van der Waals surface area (Å²) in [7, 11) is 1.82. The Balaban J connectivity index is 2.00. The number of nitriles is 1. The van der Waals surface area contributed by atoms with Crippen molar-refractivity contribution in [1.29, 1.82) is 5.26 Å². The number of aromatic nitrogens is 4. The second-order valence-electron chi connectivity index (χ2n) is 6.75. The summed E-state index contributed by atoms with van der Waals surface area (Å²) in [6.45, 7) is 2.09. The Labute approximate surface area is 171 Å². The number of nitrogens with two attached hydrogens (primary N) is 1. The van der Waals surface area contributed by atoms with Gasteiger partial charge in [-0.3, -0.25) is 9.48 Å². The van der Waals surface area contributed by atoms with Crippen molar-refractivity contribution in [2.24, 2.45) is 12.8 Å². The number of aryl methyl sites for hydroxylation is 2. The zero-order chi connectivity index (χ0) is 20.7. The fourth-order valence-corrected chi connectivity index (χ4v) is 3.64. The lowest BCUT2D eigenvalue weighted by Gasteiger charge is -2.12. The van der Waals surface area contributed by atoms with Gasteiger partial charge in [-0.05, 0) is 42.3 Å². The van der Waals surface area contributed by atoms with Crippen LogP contribution in [0.3, 0.4) is 0 Å². The first-order chi connectivity index (χ1) is 13.9. The van der Waals surface area contributed by atoms with Gasteiger partial charge in [-0.1, -0.05) is 17.7 Å². The molecule has 2 aromatic carbocycles. The molecule has 0 amide bonds. The summed E-state index contributed by atoms with van der Waals surface area (Å²) in [6, 6.07) is 11.3. The Bertz CT molecular complexity index is 1360. The van der Waals surface area contributed by atoms with E-state index < -0.39 is 0 Å². The molecule has 0 radical (unpaired) electrons. The van der Waals surface area contributed by atoms with Gasteiger partial charge in [0.1, 0.15) is 0 Å². The fourth-order valence-electron chi connectivity index (χ4n) is 3.48. The molecule has 8 heteroatoms. The Kier molecular flexibility index (Phi) is 4.66. The van der Waals surface area contributed by atoms with E-state index in [1.807, 2.05) is 32.2 Å². The molecule has 0 fully saturated rings. The molecule has 0 saturated heterocycles. The number of nitrogens with one attached hydrogen (secondary N) is 1. The molecule has 2 aromatic heterocycles. The lowest BCUT2D eigenvalue weighted by atomic mass is 9.95. The van der Waals surface area contributed by atoms with E-state index in [4.69, 9.17) is 17.3 Å². The van der Waals surface area contributed by atoms with E-state index in [0.717, 1.165) is 27.9 Å². The molecule has 4 rings (SSSR count). The van der Waals surface area contributed by atoms with E-state index in [0.29, 0.717) is 27.1 Å². The van der Waals surface area contributed by atoms with Crippen molar-refractivity contribution in [1.82, 2.24) is 20.0 Å². The zero-order valence-electron chi connectivity index (χ0n) is 15.8. The van der Waals surface area contributed by atoms with Gasteiger partial charge < -0.3 is 5.73 Å². The third kappa shape index (κ3) is 3.09. The van der Waals surface area contributed by atoms with Crippen molar-refractivity contribution in [3.8, 4) is 28.5 Å². The standard InChI is InChI=1S/C21H17ClN6O/c1-11-5-15(13(8-23)7-18(11)22)20-17(10-25-28(20)2)12-3-4-14-16(6-12)19(9-24)26-27-21(14)29/h3-7,10H,9,24H2,1-2H3,(H,27,29). The number of rotatable bonds is 3. The third-order valence-corrected chi connectivity index (χ3v) is 5.39. The molecule has 3 N–H and O–H groups in total. The Hall–Kier alpha value is -3.47. The monoisotopic (exact) mass is 404 g/mol. The minimum atomic E-state index is -0.268. The number of nitrogens with zero attached hydrogens (tertiary/aromatic N) is 4. The smallest absolute Gasteiger partial charge is 0.272 e. The molecule has 4 aromatic rings. The summed E-state index contributed by atoms with van der Waals surface area (Å²) >= 11 is 6.21. The minimum absolute atomic E-state index is 0.200. The van der Waals surface area contributed by atoms with Gasteiger partial charge in [0.25, 0.3) is 5.56 Å². The predicted molar refractivity (Wildman–Crippen MR) is 112 cm³/mol. The first kappa shape index (κ1) is 18.9. The number of aromatic amines is 1. The molecule has 0 aliphatic rings. The molecule has 29 heavy (non-hydrogen) atoms. The van der Waals surface area contributed by atoms with Crippen molar-refractivity contribution >= 4 is 22.4 Å². The maximum Gasteiger partial charge on any atom is 0.272 e. The van der Waals surface area contributed by atoms with Crippen LogP contribution in [-0.4, -0.2) is 20.0 Å². The molecular weight excluding hydrogens is 388 g/mol. The number of H-pyrrole nitrogens is 1. The Morgan fingerprint density at radius 2 is 2.03 bits per heavy atom. The molecule has 0 unspecified atom stereocenters. The van der Waals surface area contributed by atoms with Crippen LogP contribution >= 0.6 is 11.6 Å². The normalized spacial score (nSPS) is 11.0. The Morgan fingerprint density at radius 3 is 2.76 bits per heavy atom. The molecule has 2 heterocycles. The molecule has 0 spiro atoms. The van der Waals surface area contributed by atoms with E-state index in [2.05, 4.69) is 21.4 Å². The largest absolute Gasteiger partial charge is 0.325 e. The van der Waals surface area contributed by atoms with Gasteiger partial charge in [0.2, 0.25) is 0 Å². The van der Waals surface area contributed by atoms with Gasteiger partial charge in [0, 0.05) is 35.1 Å². The van der Waals surface area contributed by atoms with E-state index in [-0.39, 0.29) is 12.1 Å². The van der Waals surface area contributed by atoms with Crippen molar-refractivity contribution in [2.75, 3.05) is 0 Å². The summed E-state index contributed by atoms with van der Waals surface area (Å²) in [5.41, 5.74) is 10.7. The highest BCUT2D eigenvalue weighted by atomic mass is 35.5. The molecule has 0 aliphatic carbocycles. The van der Waals surface area contributed by atoms with Crippen LogP contribution in [0.4, 0.5) is 0 Å². The van der Waals surface area contributed by atoms with Gasteiger partial charge in [-0.2, -0.15) is 15.5 Å². The summed E-state index contributed by atoms with van der Waals surface area (Å²) in [4.78, 5) is 12.1. The van der Waals surface area contributed by atoms with Crippen LogP contribution in [0.25, 0.3) is 33.2 Å². The van der Waals surface area contributed by atoms with E-state index in [1.54, 1.807) is 23.0 Å². The van der Waals surface area contributed by atoms with Gasteiger partial charge in [-0.25, -0.2) is 5.10 Å². The number of hydrogen-bond acceptors (Lipinski definition) is 5. The number of benzene rings is 2. The molecule has 0 atom stereocenters. The van der Waals surface area contributed by atoms with Crippen LogP contribution in [0.15, 0.2) is 41.3 Å². The lowest BCUT2D eigenvalue weighted by molar-refractivity contribution is 0.775. The van der Waals surface area contributed by atoms with Gasteiger partial charge in [-0.15, -0.1) is 0 Å². The van der Waals surface area contributed by atoms with Gasteiger partial charge in [0.05, 0.1) is 34.6 Å². The van der Waals surface area contributed by atoms with Crippen LogP contribution in [0, 0.1) is 18.3 Å². The Morgan fingerprint density at radius 1 is 1.24 bits per heavy atom. The van der Waals surface area contributed by atoms with E-state index in [9.17, 15) is 10.1 Å². The number of hydrogen-bond donors (Lipinski definition) is 2. The van der Waals surface area contributed by atoms with E-state index >= 15 is 0 Å². The van der Waals surface area contributed by atoms with Crippen molar-refractivity contribution in [3.05, 3.63) is 68.7 Å². The highest BCUT2D eigenvalue weighted by Gasteiger charge is 2.18. The average Bonchev–Trinajstić information content (AvgIpc) is 3.11. The summed E-state index contributed by atoms with van der Waals surface area (Å²) < 4.78 is 1.73. The third-order valence-electron chi connectivity index (χ3n) is 4.98. The van der Waals surface area contributed by atoms with Crippen LogP contribution in [0.1, 0.15) is 16.8 Å². The quantitative estimate of drug-likeness (QED) is 0.544. The van der Waals surface area contributed by atoms with Crippen LogP contribution in [0.5, 0.6) is 0 Å². The fraction of sp³-hybridized carbons (Fsp3) is 0.143. The number of halogens is 1. The SMILES string of the molecule is Cc1cc(-c2c(-c3ccc4c(=O)[nH]nc(CN)c4c3)cnn2C)c(C#N)cc1Cl. The highest BCUT2D eigenvalue weighted by molar-refractivity contribution is 6.31. The van der Waals surface area contributed by atoms with Crippen molar-refractivity contribution < 1.29 is 0 Å². The lowest BCUT2D eigenvalue weighted by Crippen LogP contribution is -2.13. The van der Waals surface area contributed by atoms with Gasteiger partial charge >= 0.3 is 0 Å². The molecular formula is C21H17ClN6O. The molecule has 0 saturated carbocycles. The summed E-state index contributed by atoms with van der Waals surface area (Å²) in [6.07, 6.45) is 1.74. The molecule has 144 valence electrons. The van der Waals surface area contributed by atoms with Crippen LogP contribution < -0.4 is 11.3 Å². The number of fused-ring (bicyclic) bond motifs is 1. The minimum Gasteiger partial charge on any atom is -0.325 e. The highest BCUT2D eigenvalue weighted by Crippen LogP contribution is 2.36. The second kappa shape index (κ2) is 7.17. The first-order valence-electron chi connectivity index (χ1n) is 8.89. The summed E-state index contributed by atoms with van der Waals surface area (Å²) in [5, 5.41) is 22.3. The maximum atomic E-state index is 12.1. The van der Waals surface area contributed by atoms with Crippen molar-refractivity contribution in [3.63, 3.8) is 0 Å². The maximum absolute atomic E-state index is 12.1. The topological polar surface area (TPSA) is 113 Å². The van der Waals surface area contributed by atoms with Crippen LogP contribution in [-0.2, 0) is 13.6 Å². The molecule has 0 bridgehead atoms. The second-order valence-corrected chi connectivity index (χ2v) is 7.16. The average molecular weight is 405 g/mol. The van der Waals surface area contributed by atoms with Gasteiger partial charge in [0.15, 0.2) is 0 Å². The predicted octanol–water partition coefficient (Wildman–Crippen LogP) is 3.28. The summed E-state index contributed by atoms with van der Waals surface area (Å²) in [5.74, 6) is 0. The van der Waals surface area contributed by atoms with E-state index in [1.165, 1.54) is 0 Å². The zero-order valence-corrected chi connectivity index (χ0v) is 16.6. The van der Waals surface area contributed by atoms with Crippen LogP contribution in [0.2, 0.25) is 5.02 Å².